The first-order valence-electron chi connectivity index (χ1n) is 7.08. The lowest BCUT2D eigenvalue weighted by Gasteiger charge is -2.17. The molecule has 1 rings (SSSR count). The normalized spacial score (nSPS) is 13.4. The number of nitrogens with two attached hydrogens (primary N) is 1. The molecule has 19 heavy (non-hydrogen) atoms. The molecule has 0 aliphatic carbocycles. The molecular formula is C15H25NO2S. The molecule has 0 radical (unpaired) electrons. The number of benzene rings is 1. The Hall–Kier alpha value is -0.870. The molecule has 1 atom stereocenters. The quantitative estimate of drug-likeness (QED) is 0.797. The average molecular weight is 283 g/mol. The van der Waals surface area contributed by atoms with E-state index in [-0.39, 0.29) is 5.75 Å². The number of rotatable bonds is 8. The SMILES string of the molecule is CCCC(CCCN)c1cccc(S(=O)(=O)CC)c1. The van der Waals surface area contributed by atoms with Crippen LogP contribution in [0.25, 0.3) is 0 Å². The Morgan fingerprint density at radius 1 is 1.21 bits per heavy atom. The van der Waals surface area contributed by atoms with E-state index in [1.807, 2.05) is 18.2 Å². The summed E-state index contributed by atoms with van der Waals surface area (Å²) in [7, 11) is -3.11. The maximum absolute atomic E-state index is 11.9. The van der Waals surface area contributed by atoms with E-state index in [0.29, 0.717) is 17.4 Å². The van der Waals surface area contributed by atoms with E-state index in [9.17, 15) is 8.42 Å². The van der Waals surface area contributed by atoms with Crippen molar-refractivity contribution in [3.8, 4) is 0 Å². The number of hydrogen-bond acceptors (Lipinski definition) is 3. The van der Waals surface area contributed by atoms with Crippen molar-refractivity contribution in [3.05, 3.63) is 29.8 Å². The Labute approximate surface area is 117 Å². The molecular weight excluding hydrogens is 258 g/mol. The molecule has 2 N–H and O–H groups in total. The molecule has 0 aromatic heterocycles. The van der Waals surface area contributed by atoms with Crippen molar-refractivity contribution in [1.82, 2.24) is 0 Å². The molecule has 0 spiro atoms. The van der Waals surface area contributed by atoms with E-state index in [0.717, 1.165) is 31.2 Å². The molecule has 0 aliphatic heterocycles. The van der Waals surface area contributed by atoms with E-state index in [1.54, 1.807) is 13.0 Å². The monoisotopic (exact) mass is 283 g/mol. The van der Waals surface area contributed by atoms with Crippen molar-refractivity contribution in [3.63, 3.8) is 0 Å². The summed E-state index contributed by atoms with van der Waals surface area (Å²) in [5.74, 6) is 0.568. The number of sulfone groups is 1. The zero-order valence-electron chi connectivity index (χ0n) is 11.9. The zero-order valence-corrected chi connectivity index (χ0v) is 12.7. The summed E-state index contributed by atoms with van der Waals surface area (Å²) < 4.78 is 23.9. The van der Waals surface area contributed by atoms with Gasteiger partial charge in [0.1, 0.15) is 0 Å². The zero-order chi connectivity index (χ0) is 14.3. The van der Waals surface area contributed by atoms with Gasteiger partial charge in [0.2, 0.25) is 0 Å². The summed E-state index contributed by atoms with van der Waals surface area (Å²) >= 11 is 0. The third-order valence-electron chi connectivity index (χ3n) is 3.46. The lowest BCUT2D eigenvalue weighted by Crippen LogP contribution is -2.07. The van der Waals surface area contributed by atoms with Crippen molar-refractivity contribution >= 4 is 9.84 Å². The van der Waals surface area contributed by atoms with Crippen LogP contribution in [0.15, 0.2) is 29.2 Å². The highest BCUT2D eigenvalue weighted by Crippen LogP contribution is 2.28. The highest BCUT2D eigenvalue weighted by atomic mass is 32.2. The minimum Gasteiger partial charge on any atom is -0.330 e. The van der Waals surface area contributed by atoms with E-state index in [2.05, 4.69) is 6.92 Å². The van der Waals surface area contributed by atoms with Crippen molar-refractivity contribution in [2.45, 2.75) is 50.3 Å². The lowest BCUT2D eigenvalue weighted by molar-refractivity contribution is 0.548. The fourth-order valence-electron chi connectivity index (χ4n) is 2.32. The fourth-order valence-corrected chi connectivity index (χ4v) is 3.25. The molecule has 0 fully saturated rings. The Bertz CT molecular complexity index is 483. The Balaban J connectivity index is 3.01. The van der Waals surface area contributed by atoms with E-state index >= 15 is 0 Å². The molecule has 0 saturated carbocycles. The molecule has 0 heterocycles. The van der Waals surface area contributed by atoms with E-state index < -0.39 is 9.84 Å². The van der Waals surface area contributed by atoms with Gasteiger partial charge in [0.15, 0.2) is 9.84 Å². The topological polar surface area (TPSA) is 60.2 Å². The maximum Gasteiger partial charge on any atom is 0.178 e. The molecule has 1 aromatic rings. The lowest BCUT2D eigenvalue weighted by atomic mass is 9.90. The Morgan fingerprint density at radius 2 is 1.95 bits per heavy atom. The summed E-state index contributed by atoms with van der Waals surface area (Å²) in [4.78, 5) is 0.446. The summed E-state index contributed by atoms with van der Waals surface area (Å²) in [6, 6.07) is 7.42. The molecule has 3 nitrogen and oxygen atoms in total. The van der Waals surface area contributed by atoms with Gasteiger partial charge in [-0.1, -0.05) is 32.4 Å². The van der Waals surface area contributed by atoms with Crippen molar-refractivity contribution < 1.29 is 8.42 Å². The minimum absolute atomic E-state index is 0.150. The van der Waals surface area contributed by atoms with Crippen LogP contribution in [0.4, 0.5) is 0 Å². The Morgan fingerprint density at radius 3 is 2.53 bits per heavy atom. The molecule has 0 amide bonds. The first-order chi connectivity index (χ1) is 9.05. The van der Waals surface area contributed by atoms with Crippen LogP contribution in [-0.4, -0.2) is 20.7 Å². The summed E-state index contributed by atoms with van der Waals surface area (Å²) in [6.07, 6.45) is 4.19. The van der Waals surface area contributed by atoms with Crippen LogP contribution in [0.2, 0.25) is 0 Å². The van der Waals surface area contributed by atoms with Crippen LogP contribution in [0, 0.1) is 0 Å². The smallest absolute Gasteiger partial charge is 0.178 e. The van der Waals surface area contributed by atoms with Gasteiger partial charge in [0.25, 0.3) is 0 Å². The Kier molecular flexibility index (Phi) is 6.52. The van der Waals surface area contributed by atoms with Gasteiger partial charge in [-0.25, -0.2) is 8.42 Å². The van der Waals surface area contributed by atoms with E-state index in [4.69, 9.17) is 5.73 Å². The summed E-state index contributed by atoms with van der Waals surface area (Å²) in [5, 5.41) is 0. The second-order valence-corrected chi connectivity index (χ2v) is 7.17. The molecule has 0 aliphatic rings. The second-order valence-electron chi connectivity index (χ2n) is 4.89. The molecule has 0 saturated heterocycles. The predicted molar refractivity (Wildman–Crippen MR) is 80.1 cm³/mol. The molecule has 4 heteroatoms. The highest BCUT2D eigenvalue weighted by Gasteiger charge is 2.15. The van der Waals surface area contributed by atoms with Gasteiger partial charge in [-0.05, 0) is 49.4 Å². The molecule has 1 unspecified atom stereocenters. The van der Waals surface area contributed by atoms with Crippen molar-refractivity contribution in [2.24, 2.45) is 5.73 Å². The van der Waals surface area contributed by atoms with Gasteiger partial charge in [-0.15, -0.1) is 0 Å². The van der Waals surface area contributed by atoms with Crippen LogP contribution >= 0.6 is 0 Å². The molecule has 108 valence electrons. The minimum atomic E-state index is -3.11. The summed E-state index contributed by atoms with van der Waals surface area (Å²) in [5.41, 5.74) is 6.71. The van der Waals surface area contributed by atoms with Gasteiger partial charge >= 0.3 is 0 Å². The predicted octanol–water partition coefficient (Wildman–Crippen LogP) is 3.10. The maximum atomic E-state index is 11.9. The standard InChI is InChI=1S/C15H25NO2S/c1-3-7-13(9-6-11-16)14-8-5-10-15(12-14)19(17,18)4-2/h5,8,10,12-13H,3-4,6-7,9,11,16H2,1-2H3. The van der Waals surface area contributed by atoms with Gasteiger partial charge < -0.3 is 5.73 Å². The van der Waals surface area contributed by atoms with Crippen LogP contribution in [-0.2, 0) is 9.84 Å². The highest BCUT2D eigenvalue weighted by molar-refractivity contribution is 7.91. The van der Waals surface area contributed by atoms with Gasteiger partial charge in [0.05, 0.1) is 10.6 Å². The third kappa shape index (κ3) is 4.62. The van der Waals surface area contributed by atoms with Gasteiger partial charge in [-0.3, -0.25) is 0 Å². The average Bonchev–Trinajstić information content (AvgIpc) is 2.43. The van der Waals surface area contributed by atoms with Crippen LogP contribution in [0.1, 0.15) is 51.0 Å². The summed E-state index contributed by atoms with van der Waals surface area (Å²) in [6.45, 7) is 4.52. The first kappa shape index (κ1) is 16.2. The van der Waals surface area contributed by atoms with Crippen molar-refractivity contribution in [1.29, 1.82) is 0 Å². The van der Waals surface area contributed by atoms with Crippen molar-refractivity contribution in [2.75, 3.05) is 12.3 Å². The van der Waals surface area contributed by atoms with Gasteiger partial charge in [-0.2, -0.15) is 0 Å². The van der Waals surface area contributed by atoms with E-state index in [1.165, 1.54) is 0 Å². The molecule has 0 bridgehead atoms. The number of hydrogen-bond donors (Lipinski definition) is 1. The fraction of sp³-hybridized carbons (Fsp3) is 0.600. The van der Waals surface area contributed by atoms with Crippen LogP contribution in [0.3, 0.4) is 0 Å². The third-order valence-corrected chi connectivity index (χ3v) is 5.19. The first-order valence-corrected chi connectivity index (χ1v) is 8.73. The van der Waals surface area contributed by atoms with Crippen LogP contribution < -0.4 is 5.73 Å². The van der Waals surface area contributed by atoms with Crippen LogP contribution in [0.5, 0.6) is 0 Å². The second kappa shape index (κ2) is 7.65. The molecule has 1 aromatic carbocycles. The van der Waals surface area contributed by atoms with Gasteiger partial charge in [0, 0.05) is 0 Å². The largest absolute Gasteiger partial charge is 0.330 e.